The molecule has 2 aliphatic carbocycles. The molecule has 2 N–H and O–H groups in total. The summed E-state index contributed by atoms with van der Waals surface area (Å²) in [6.07, 6.45) is 4.24. The predicted octanol–water partition coefficient (Wildman–Crippen LogP) is 3.15. The maximum absolute atomic E-state index is 14.2. The van der Waals surface area contributed by atoms with Gasteiger partial charge in [-0.1, -0.05) is 12.5 Å². The lowest BCUT2D eigenvalue weighted by Crippen LogP contribution is -2.53. The van der Waals surface area contributed by atoms with Gasteiger partial charge in [0.1, 0.15) is 11.6 Å². The first-order valence-electron chi connectivity index (χ1n) is 8.42. The number of carbonyl (C=O) groups is 2. The maximum Gasteiger partial charge on any atom is 0.306 e. The molecule has 0 aromatic heterocycles. The summed E-state index contributed by atoms with van der Waals surface area (Å²) in [5.74, 6) is -2.69. The van der Waals surface area contributed by atoms with Crippen LogP contribution in [0.5, 0.6) is 0 Å². The predicted molar refractivity (Wildman–Crippen MR) is 83.4 cm³/mol. The van der Waals surface area contributed by atoms with Gasteiger partial charge in [0.15, 0.2) is 0 Å². The Kier molecular flexibility index (Phi) is 4.56. The van der Waals surface area contributed by atoms with E-state index >= 15 is 0 Å². The molecule has 1 amide bonds. The van der Waals surface area contributed by atoms with Gasteiger partial charge < -0.3 is 10.4 Å². The first-order valence-corrected chi connectivity index (χ1v) is 8.42. The zero-order valence-electron chi connectivity index (χ0n) is 13.4. The molecule has 2 fully saturated rings. The maximum atomic E-state index is 14.2. The Labute approximate surface area is 139 Å². The number of rotatable bonds is 4. The molecule has 24 heavy (non-hydrogen) atoms. The molecule has 130 valence electrons. The van der Waals surface area contributed by atoms with Crippen molar-refractivity contribution in [3.05, 3.63) is 35.4 Å². The lowest BCUT2D eigenvalue weighted by molar-refractivity contribution is -0.142. The second kappa shape index (κ2) is 6.49. The van der Waals surface area contributed by atoms with Crippen molar-refractivity contribution in [2.45, 2.75) is 56.4 Å². The van der Waals surface area contributed by atoms with E-state index in [9.17, 15) is 18.4 Å². The third-order valence-electron chi connectivity index (χ3n) is 5.50. The molecule has 6 heteroatoms. The second-order valence-electron chi connectivity index (χ2n) is 6.92. The normalized spacial score (nSPS) is 25.6. The molecule has 0 heterocycles. The third-order valence-corrected chi connectivity index (χ3v) is 5.50. The van der Waals surface area contributed by atoms with E-state index in [1.54, 1.807) is 0 Å². The van der Waals surface area contributed by atoms with Crippen LogP contribution in [-0.2, 0) is 15.0 Å². The summed E-state index contributed by atoms with van der Waals surface area (Å²) >= 11 is 0. The zero-order chi connectivity index (χ0) is 17.3. The standard InChI is InChI=1S/C18H21F2NO3/c19-12-4-7-14(15(20)10-12)18(8-1-9-18)17(24)21-13-5-2-11(3-6-13)16(22)23/h4,7,10-11,13H,1-3,5-6,8-9H2,(H,21,24)(H,22,23). The molecule has 0 aliphatic heterocycles. The fourth-order valence-corrected chi connectivity index (χ4v) is 3.83. The van der Waals surface area contributed by atoms with Crippen molar-refractivity contribution < 1.29 is 23.5 Å². The average Bonchev–Trinajstić information content (AvgIpc) is 2.48. The number of benzene rings is 1. The van der Waals surface area contributed by atoms with Gasteiger partial charge in [-0.2, -0.15) is 0 Å². The number of nitrogens with one attached hydrogen (secondary N) is 1. The van der Waals surface area contributed by atoms with E-state index in [0.717, 1.165) is 12.5 Å². The number of hydrogen-bond donors (Lipinski definition) is 2. The van der Waals surface area contributed by atoms with Crippen molar-refractivity contribution in [3.8, 4) is 0 Å². The Hall–Kier alpha value is -1.98. The molecule has 2 aliphatic rings. The van der Waals surface area contributed by atoms with Crippen LogP contribution in [0.25, 0.3) is 0 Å². The Balaban J connectivity index is 1.70. The van der Waals surface area contributed by atoms with Gasteiger partial charge in [-0.15, -0.1) is 0 Å². The largest absolute Gasteiger partial charge is 0.481 e. The highest BCUT2D eigenvalue weighted by Gasteiger charge is 2.47. The first-order chi connectivity index (χ1) is 11.4. The average molecular weight is 337 g/mol. The number of halogens is 2. The number of carboxylic acid groups (broad SMARTS) is 1. The van der Waals surface area contributed by atoms with Crippen LogP contribution in [0.1, 0.15) is 50.5 Å². The summed E-state index contributed by atoms with van der Waals surface area (Å²) in [5.41, 5.74) is -0.659. The minimum Gasteiger partial charge on any atom is -0.481 e. The Morgan fingerprint density at radius 3 is 2.29 bits per heavy atom. The van der Waals surface area contributed by atoms with Crippen molar-refractivity contribution >= 4 is 11.9 Å². The van der Waals surface area contributed by atoms with Gasteiger partial charge in [0.25, 0.3) is 0 Å². The Bertz CT molecular complexity index is 650. The van der Waals surface area contributed by atoms with Gasteiger partial charge in [-0.3, -0.25) is 9.59 Å². The van der Waals surface area contributed by atoms with Crippen LogP contribution < -0.4 is 5.32 Å². The van der Waals surface area contributed by atoms with Crippen LogP contribution in [0.15, 0.2) is 18.2 Å². The lowest BCUT2D eigenvalue weighted by Gasteiger charge is -2.42. The quantitative estimate of drug-likeness (QED) is 0.887. The van der Waals surface area contributed by atoms with Gasteiger partial charge in [-0.25, -0.2) is 8.78 Å². The summed E-state index contributed by atoms with van der Waals surface area (Å²) in [7, 11) is 0. The third kappa shape index (κ3) is 3.01. The van der Waals surface area contributed by atoms with Crippen molar-refractivity contribution in [2.24, 2.45) is 5.92 Å². The van der Waals surface area contributed by atoms with E-state index in [2.05, 4.69) is 5.32 Å². The number of aliphatic carboxylic acids is 1. The molecule has 0 radical (unpaired) electrons. The first kappa shape index (κ1) is 16.9. The lowest BCUT2D eigenvalue weighted by atomic mass is 9.63. The second-order valence-corrected chi connectivity index (χ2v) is 6.92. The summed E-state index contributed by atoms with van der Waals surface area (Å²) in [5, 5.41) is 12.0. The van der Waals surface area contributed by atoms with Crippen LogP contribution in [-0.4, -0.2) is 23.0 Å². The topological polar surface area (TPSA) is 66.4 Å². The molecule has 0 spiro atoms. The number of hydrogen-bond acceptors (Lipinski definition) is 2. The van der Waals surface area contributed by atoms with Crippen molar-refractivity contribution in [1.29, 1.82) is 0 Å². The molecule has 4 nitrogen and oxygen atoms in total. The molecule has 1 aromatic rings. The van der Waals surface area contributed by atoms with Crippen LogP contribution in [0.2, 0.25) is 0 Å². The smallest absolute Gasteiger partial charge is 0.306 e. The number of amides is 1. The van der Waals surface area contributed by atoms with E-state index in [1.165, 1.54) is 12.1 Å². The summed E-state index contributed by atoms with van der Waals surface area (Å²) in [4.78, 5) is 23.8. The van der Waals surface area contributed by atoms with Gasteiger partial charge in [-0.05, 0) is 44.6 Å². The van der Waals surface area contributed by atoms with E-state index in [4.69, 9.17) is 5.11 Å². The molecular weight excluding hydrogens is 316 g/mol. The summed E-state index contributed by atoms with van der Waals surface area (Å²) in [6.45, 7) is 0. The van der Waals surface area contributed by atoms with Crippen molar-refractivity contribution in [3.63, 3.8) is 0 Å². The molecule has 1 aromatic carbocycles. The Morgan fingerprint density at radius 2 is 1.79 bits per heavy atom. The summed E-state index contributed by atoms with van der Waals surface area (Å²) < 4.78 is 27.3. The molecular formula is C18H21F2NO3. The Morgan fingerprint density at radius 1 is 1.12 bits per heavy atom. The van der Waals surface area contributed by atoms with E-state index in [0.29, 0.717) is 38.5 Å². The van der Waals surface area contributed by atoms with Crippen LogP contribution in [0.3, 0.4) is 0 Å². The van der Waals surface area contributed by atoms with Crippen LogP contribution in [0, 0.1) is 17.6 Å². The van der Waals surface area contributed by atoms with Crippen molar-refractivity contribution in [2.75, 3.05) is 0 Å². The molecule has 3 rings (SSSR count). The molecule has 0 bridgehead atoms. The van der Waals surface area contributed by atoms with Crippen molar-refractivity contribution in [1.82, 2.24) is 5.32 Å². The minimum atomic E-state index is -0.915. The highest BCUT2D eigenvalue weighted by Crippen LogP contribution is 2.45. The van der Waals surface area contributed by atoms with Crippen LogP contribution in [0.4, 0.5) is 8.78 Å². The SMILES string of the molecule is O=C(O)C1CCC(NC(=O)C2(c3ccc(F)cc3F)CCC2)CC1. The van der Waals surface area contributed by atoms with E-state index in [1.807, 2.05) is 0 Å². The van der Waals surface area contributed by atoms with E-state index < -0.39 is 23.0 Å². The minimum absolute atomic E-state index is 0.0749. The fraction of sp³-hybridized carbons (Fsp3) is 0.556. The molecule has 0 saturated heterocycles. The van der Waals surface area contributed by atoms with Gasteiger partial charge >= 0.3 is 5.97 Å². The molecule has 0 unspecified atom stereocenters. The van der Waals surface area contributed by atoms with E-state index in [-0.39, 0.29) is 23.4 Å². The van der Waals surface area contributed by atoms with Gasteiger partial charge in [0.05, 0.1) is 11.3 Å². The summed E-state index contributed by atoms with van der Waals surface area (Å²) in [6, 6.07) is 3.30. The molecule has 2 saturated carbocycles. The monoisotopic (exact) mass is 337 g/mol. The van der Waals surface area contributed by atoms with Crippen LogP contribution >= 0.6 is 0 Å². The highest BCUT2D eigenvalue weighted by atomic mass is 19.1. The number of carboxylic acids is 1. The highest BCUT2D eigenvalue weighted by molar-refractivity contribution is 5.89. The van der Waals surface area contributed by atoms with Gasteiger partial charge in [0.2, 0.25) is 5.91 Å². The molecule has 0 atom stereocenters. The fourth-order valence-electron chi connectivity index (χ4n) is 3.83. The zero-order valence-corrected chi connectivity index (χ0v) is 13.4. The van der Waals surface area contributed by atoms with Gasteiger partial charge in [0, 0.05) is 17.7 Å². The number of carbonyl (C=O) groups excluding carboxylic acids is 1.